The normalized spacial score (nSPS) is 9.33. The Kier molecular flexibility index (Phi) is 3.35. The van der Waals surface area contributed by atoms with Gasteiger partial charge in [-0.25, -0.2) is 0 Å². The van der Waals surface area contributed by atoms with Crippen molar-refractivity contribution in [1.82, 2.24) is 4.98 Å². The molecule has 0 N–H and O–H groups in total. The Bertz CT molecular complexity index is 266. The topological polar surface area (TPSA) is 12.9 Å². The van der Waals surface area contributed by atoms with Crippen molar-refractivity contribution in [3.63, 3.8) is 0 Å². The summed E-state index contributed by atoms with van der Waals surface area (Å²) in [6, 6.07) is 4.14. The zero-order chi connectivity index (χ0) is 8.81. The van der Waals surface area contributed by atoms with Crippen molar-refractivity contribution in [2.24, 2.45) is 0 Å². The molecule has 0 radical (unpaired) electrons. The van der Waals surface area contributed by atoms with Crippen LogP contribution in [0.15, 0.2) is 18.3 Å². The number of aromatic nitrogens is 1. The molecular weight excluding hydrogens is 146 g/mol. The minimum Gasteiger partial charge on any atom is -0.261 e. The highest BCUT2D eigenvalue weighted by Crippen LogP contribution is 2.03. The molecule has 0 atom stereocenters. The minimum atomic E-state index is 0.855. The van der Waals surface area contributed by atoms with Crippen LogP contribution in [0, 0.1) is 19.3 Å². The maximum absolute atomic E-state index is 5.15. The van der Waals surface area contributed by atoms with Crippen molar-refractivity contribution >= 4 is 0 Å². The Morgan fingerprint density at radius 2 is 2.33 bits per heavy atom. The van der Waals surface area contributed by atoms with E-state index in [0.29, 0.717) is 0 Å². The summed E-state index contributed by atoms with van der Waals surface area (Å²) >= 11 is 0. The van der Waals surface area contributed by atoms with Gasteiger partial charge in [-0.15, -0.1) is 12.3 Å². The van der Waals surface area contributed by atoms with Crippen LogP contribution in [0.3, 0.4) is 0 Å². The summed E-state index contributed by atoms with van der Waals surface area (Å²) in [7, 11) is 0. The molecule has 12 heavy (non-hydrogen) atoms. The van der Waals surface area contributed by atoms with E-state index < -0.39 is 0 Å². The fraction of sp³-hybridized carbons (Fsp3) is 0.364. The second-order valence-electron chi connectivity index (χ2n) is 2.87. The largest absolute Gasteiger partial charge is 0.261 e. The molecule has 1 nitrogen and oxygen atoms in total. The van der Waals surface area contributed by atoms with Crippen molar-refractivity contribution in [3.8, 4) is 12.3 Å². The molecule has 0 aliphatic heterocycles. The predicted molar refractivity (Wildman–Crippen MR) is 50.7 cm³/mol. The van der Waals surface area contributed by atoms with E-state index in [4.69, 9.17) is 6.42 Å². The molecular formula is C11H13N. The molecule has 1 aromatic rings. The van der Waals surface area contributed by atoms with E-state index in [-0.39, 0.29) is 0 Å². The van der Waals surface area contributed by atoms with Crippen LogP contribution in [0.1, 0.15) is 24.1 Å². The number of hydrogen-bond acceptors (Lipinski definition) is 1. The maximum atomic E-state index is 5.15. The van der Waals surface area contributed by atoms with Crippen LogP contribution in [0.2, 0.25) is 0 Å². The van der Waals surface area contributed by atoms with E-state index in [1.54, 1.807) is 0 Å². The zero-order valence-corrected chi connectivity index (χ0v) is 7.38. The van der Waals surface area contributed by atoms with Gasteiger partial charge < -0.3 is 0 Å². The van der Waals surface area contributed by atoms with E-state index >= 15 is 0 Å². The van der Waals surface area contributed by atoms with Gasteiger partial charge in [-0.2, -0.15) is 0 Å². The zero-order valence-electron chi connectivity index (χ0n) is 7.38. The Balaban J connectivity index is 2.43. The van der Waals surface area contributed by atoms with Gasteiger partial charge in [-0.1, -0.05) is 6.07 Å². The number of terminal acetylenes is 1. The van der Waals surface area contributed by atoms with Gasteiger partial charge in [0, 0.05) is 18.3 Å². The van der Waals surface area contributed by atoms with Gasteiger partial charge in [-0.3, -0.25) is 4.98 Å². The van der Waals surface area contributed by atoms with E-state index in [1.807, 2.05) is 19.2 Å². The summed E-state index contributed by atoms with van der Waals surface area (Å²) in [6.07, 6.45) is 10.0. The average Bonchev–Trinajstić information content (AvgIpc) is 2.09. The lowest BCUT2D eigenvalue weighted by Crippen LogP contribution is -1.87. The first-order valence-corrected chi connectivity index (χ1v) is 4.18. The summed E-state index contributed by atoms with van der Waals surface area (Å²) < 4.78 is 0. The highest BCUT2D eigenvalue weighted by Gasteiger charge is 1.91. The third kappa shape index (κ3) is 2.75. The van der Waals surface area contributed by atoms with E-state index in [1.165, 1.54) is 5.56 Å². The molecule has 0 bridgehead atoms. The third-order valence-electron chi connectivity index (χ3n) is 1.76. The number of hydrogen-bond donors (Lipinski definition) is 0. The van der Waals surface area contributed by atoms with Crippen molar-refractivity contribution in [2.45, 2.75) is 26.2 Å². The number of aryl methyl sites for hydroxylation is 2. The van der Waals surface area contributed by atoms with Crippen molar-refractivity contribution in [2.75, 3.05) is 0 Å². The van der Waals surface area contributed by atoms with Crippen molar-refractivity contribution in [1.29, 1.82) is 0 Å². The van der Waals surface area contributed by atoms with Crippen LogP contribution < -0.4 is 0 Å². The molecule has 0 unspecified atom stereocenters. The molecule has 0 aliphatic rings. The first-order chi connectivity index (χ1) is 5.83. The van der Waals surface area contributed by atoms with Gasteiger partial charge in [0.15, 0.2) is 0 Å². The van der Waals surface area contributed by atoms with E-state index in [0.717, 1.165) is 25.0 Å². The predicted octanol–water partition coefficient (Wildman–Crippen LogP) is 2.35. The minimum absolute atomic E-state index is 0.855. The highest BCUT2D eigenvalue weighted by atomic mass is 14.6. The molecule has 62 valence electrons. The second kappa shape index (κ2) is 4.56. The monoisotopic (exact) mass is 159 g/mol. The van der Waals surface area contributed by atoms with Crippen molar-refractivity contribution < 1.29 is 0 Å². The number of nitrogens with zero attached hydrogens (tertiary/aromatic N) is 1. The molecule has 0 aromatic carbocycles. The van der Waals surface area contributed by atoms with Crippen LogP contribution in [0.25, 0.3) is 0 Å². The quantitative estimate of drug-likeness (QED) is 0.487. The smallest absolute Gasteiger partial charge is 0.0372 e. The number of pyridine rings is 1. The van der Waals surface area contributed by atoms with Crippen LogP contribution >= 0.6 is 0 Å². The number of rotatable bonds is 3. The summed E-state index contributed by atoms with van der Waals surface area (Å²) in [5, 5.41) is 0. The Morgan fingerprint density at radius 3 is 2.92 bits per heavy atom. The standard InChI is InChI=1S/C11H13N/c1-3-4-5-6-11-8-7-10(2)12-9-11/h1,7-9H,4-6H2,2H3. The van der Waals surface area contributed by atoms with Crippen molar-refractivity contribution in [3.05, 3.63) is 29.6 Å². The summed E-state index contributed by atoms with van der Waals surface area (Å²) in [5.74, 6) is 2.63. The molecule has 0 saturated carbocycles. The summed E-state index contributed by atoms with van der Waals surface area (Å²) in [6.45, 7) is 1.99. The molecule has 1 heteroatoms. The van der Waals surface area contributed by atoms with Gasteiger partial charge in [0.25, 0.3) is 0 Å². The second-order valence-corrected chi connectivity index (χ2v) is 2.87. The Labute approximate surface area is 73.8 Å². The summed E-state index contributed by atoms with van der Waals surface area (Å²) in [5.41, 5.74) is 2.34. The fourth-order valence-electron chi connectivity index (χ4n) is 1.04. The molecule has 0 aliphatic carbocycles. The van der Waals surface area contributed by atoms with E-state index in [9.17, 15) is 0 Å². The fourth-order valence-corrected chi connectivity index (χ4v) is 1.04. The molecule has 0 amide bonds. The average molecular weight is 159 g/mol. The SMILES string of the molecule is C#CCCCc1ccc(C)nc1. The van der Waals surface area contributed by atoms with Gasteiger partial charge in [0.2, 0.25) is 0 Å². The van der Waals surface area contributed by atoms with Crippen LogP contribution in [-0.4, -0.2) is 4.98 Å². The van der Waals surface area contributed by atoms with Gasteiger partial charge in [0.05, 0.1) is 0 Å². The molecule has 1 heterocycles. The Hall–Kier alpha value is -1.29. The Morgan fingerprint density at radius 1 is 1.50 bits per heavy atom. The first-order valence-electron chi connectivity index (χ1n) is 4.18. The summed E-state index contributed by atoms with van der Waals surface area (Å²) in [4.78, 5) is 4.21. The van der Waals surface area contributed by atoms with Crippen LogP contribution in [0.4, 0.5) is 0 Å². The van der Waals surface area contributed by atoms with Gasteiger partial charge >= 0.3 is 0 Å². The molecule has 0 saturated heterocycles. The molecule has 0 fully saturated rings. The van der Waals surface area contributed by atoms with Gasteiger partial charge in [-0.05, 0) is 31.4 Å². The lowest BCUT2D eigenvalue weighted by Gasteiger charge is -1.98. The van der Waals surface area contributed by atoms with Crippen LogP contribution in [-0.2, 0) is 6.42 Å². The third-order valence-corrected chi connectivity index (χ3v) is 1.76. The lowest BCUT2D eigenvalue weighted by molar-refractivity contribution is 0.851. The molecule has 1 aromatic heterocycles. The maximum Gasteiger partial charge on any atom is 0.0372 e. The lowest BCUT2D eigenvalue weighted by atomic mass is 10.1. The van der Waals surface area contributed by atoms with Gasteiger partial charge in [0.1, 0.15) is 0 Å². The highest BCUT2D eigenvalue weighted by molar-refractivity contribution is 5.13. The van der Waals surface area contributed by atoms with Crippen LogP contribution in [0.5, 0.6) is 0 Å². The first kappa shape index (κ1) is 8.80. The van der Waals surface area contributed by atoms with E-state index in [2.05, 4.69) is 17.0 Å². The molecule has 0 spiro atoms. The number of unbranched alkanes of at least 4 members (excludes halogenated alkanes) is 1. The molecule has 1 rings (SSSR count).